The summed E-state index contributed by atoms with van der Waals surface area (Å²) < 4.78 is -2.74. The molecule has 0 bridgehead atoms. The van der Waals surface area contributed by atoms with Gasteiger partial charge < -0.3 is 14.5 Å². The molecule has 0 aliphatic rings. The molecule has 9 nitrogen and oxygen atoms in total. The maximum atomic E-state index is 11.5. The second-order valence-electron chi connectivity index (χ2n) is 2.73. The standard InChI is InChI=1S/C6H9I2N3O6/c7-3(4(13)16-10)6(8,5(14)17-11)1-2(12)15-9/h3H,1,9-11H2. The van der Waals surface area contributed by atoms with Crippen LogP contribution in [-0.4, -0.2) is 25.3 Å². The predicted molar refractivity (Wildman–Crippen MR) is 70.0 cm³/mol. The number of halogens is 2. The number of carbonyl (C=O) groups excluding carboxylic acids is 3. The molecule has 2 unspecified atom stereocenters. The van der Waals surface area contributed by atoms with Crippen LogP contribution in [0.15, 0.2) is 0 Å². The fourth-order valence-electron chi connectivity index (χ4n) is 0.861. The zero-order chi connectivity index (χ0) is 13.6. The third-order valence-corrected chi connectivity index (χ3v) is 5.91. The smallest absolute Gasteiger partial charge is 0.342 e. The fraction of sp³-hybridized carbons (Fsp3) is 0.500. The second-order valence-corrected chi connectivity index (χ2v) is 5.90. The van der Waals surface area contributed by atoms with Gasteiger partial charge >= 0.3 is 17.9 Å². The highest BCUT2D eigenvalue weighted by molar-refractivity contribution is 14.1. The van der Waals surface area contributed by atoms with Crippen LogP contribution in [0.1, 0.15) is 6.42 Å². The van der Waals surface area contributed by atoms with Crippen LogP contribution in [0, 0.1) is 0 Å². The first-order chi connectivity index (χ1) is 7.83. The van der Waals surface area contributed by atoms with Crippen molar-refractivity contribution >= 4 is 63.1 Å². The molecule has 0 aliphatic carbocycles. The van der Waals surface area contributed by atoms with Crippen LogP contribution in [0.25, 0.3) is 0 Å². The van der Waals surface area contributed by atoms with Gasteiger partial charge in [-0.25, -0.2) is 9.59 Å². The van der Waals surface area contributed by atoms with E-state index in [4.69, 9.17) is 11.8 Å². The summed E-state index contributed by atoms with van der Waals surface area (Å²) in [6.45, 7) is 0. The Bertz CT molecular complexity index is 327. The molecule has 6 N–H and O–H groups in total. The van der Waals surface area contributed by atoms with Crippen LogP contribution in [0.3, 0.4) is 0 Å². The highest BCUT2D eigenvalue weighted by atomic mass is 127. The van der Waals surface area contributed by atoms with Crippen molar-refractivity contribution < 1.29 is 28.9 Å². The Morgan fingerprint density at radius 3 is 2.00 bits per heavy atom. The van der Waals surface area contributed by atoms with Crippen LogP contribution in [0.2, 0.25) is 0 Å². The van der Waals surface area contributed by atoms with Crippen LogP contribution in [0.5, 0.6) is 0 Å². The topological polar surface area (TPSA) is 157 Å². The van der Waals surface area contributed by atoms with Gasteiger partial charge in [-0.2, -0.15) is 17.7 Å². The average Bonchev–Trinajstić information content (AvgIpc) is 2.35. The van der Waals surface area contributed by atoms with E-state index in [9.17, 15) is 14.4 Å². The van der Waals surface area contributed by atoms with Crippen molar-refractivity contribution in [2.45, 2.75) is 13.8 Å². The lowest BCUT2D eigenvalue weighted by Crippen LogP contribution is -2.49. The summed E-state index contributed by atoms with van der Waals surface area (Å²) in [6.07, 6.45) is -0.525. The molecule has 0 saturated carbocycles. The van der Waals surface area contributed by atoms with Crippen LogP contribution >= 0.6 is 45.2 Å². The van der Waals surface area contributed by atoms with E-state index in [2.05, 4.69) is 20.4 Å². The van der Waals surface area contributed by atoms with Crippen molar-refractivity contribution in [3.05, 3.63) is 0 Å². The Morgan fingerprint density at radius 1 is 1.12 bits per heavy atom. The van der Waals surface area contributed by atoms with Crippen molar-refractivity contribution in [3.8, 4) is 0 Å². The van der Waals surface area contributed by atoms with Gasteiger partial charge in [0.15, 0.2) is 3.42 Å². The van der Waals surface area contributed by atoms with Gasteiger partial charge in [-0.1, -0.05) is 45.2 Å². The van der Waals surface area contributed by atoms with E-state index in [1.54, 1.807) is 22.6 Å². The lowest BCUT2D eigenvalue weighted by molar-refractivity contribution is -0.156. The van der Waals surface area contributed by atoms with Crippen molar-refractivity contribution in [1.82, 2.24) is 0 Å². The molecule has 98 valence electrons. The number of rotatable bonds is 5. The van der Waals surface area contributed by atoms with Crippen molar-refractivity contribution in [3.63, 3.8) is 0 Å². The maximum absolute atomic E-state index is 11.5. The van der Waals surface area contributed by atoms with Gasteiger partial charge in [0, 0.05) is 0 Å². The Labute approximate surface area is 123 Å². The second kappa shape index (κ2) is 7.24. The van der Waals surface area contributed by atoms with Gasteiger partial charge in [0.2, 0.25) is 0 Å². The van der Waals surface area contributed by atoms with Gasteiger partial charge in [0.25, 0.3) is 0 Å². The Kier molecular flexibility index (Phi) is 7.14. The SMILES string of the molecule is NOC(=O)CC(I)(C(=O)ON)C(I)C(=O)ON. The molecule has 0 aromatic rings. The molecular weight excluding hydrogens is 464 g/mol. The van der Waals surface area contributed by atoms with Crippen LogP contribution in [0.4, 0.5) is 0 Å². The first-order valence-corrected chi connectivity index (χ1v) is 6.20. The lowest BCUT2D eigenvalue weighted by Gasteiger charge is -2.25. The molecule has 0 aliphatic heterocycles. The van der Waals surface area contributed by atoms with E-state index in [-0.39, 0.29) is 0 Å². The van der Waals surface area contributed by atoms with Crippen molar-refractivity contribution in [1.29, 1.82) is 0 Å². The molecule has 11 heteroatoms. The van der Waals surface area contributed by atoms with Crippen molar-refractivity contribution in [2.75, 3.05) is 0 Å². The largest absolute Gasteiger partial charge is 0.373 e. The minimum atomic E-state index is -1.63. The molecule has 0 aromatic heterocycles. The predicted octanol–water partition coefficient (Wildman–Crippen LogP) is -1.40. The number of nitrogens with two attached hydrogens (primary N) is 3. The Hall–Kier alpha value is -0.250. The first-order valence-electron chi connectivity index (χ1n) is 3.87. The van der Waals surface area contributed by atoms with Gasteiger partial charge in [-0.05, 0) is 0 Å². The summed E-state index contributed by atoms with van der Waals surface area (Å²) in [5.41, 5.74) is 0. The Balaban J connectivity index is 5.16. The summed E-state index contributed by atoms with van der Waals surface area (Å²) in [5, 5.41) is 0. The quantitative estimate of drug-likeness (QED) is 0.249. The summed E-state index contributed by atoms with van der Waals surface area (Å²) >= 11 is 3.10. The fourth-order valence-corrected chi connectivity index (χ4v) is 2.18. The molecule has 0 amide bonds. The van der Waals surface area contributed by atoms with Crippen LogP contribution in [-0.2, 0) is 28.9 Å². The van der Waals surface area contributed by atoms with E-state index < -0.39 is 31.7 Å². The van der Waals surface area contributed by atoms with Gasteiger partial charge in [-0.3, -0.25) is 4.79 Å². The summed E-state index contributed by atoms with van der Waals surface area (Å²) in [6, 6.07) is 0. The van der Waals surface area contributed by atoms with E-state index in [1.165, 1.54) is 22.6 Å². The number of carbonyl (C=O) groups is 3. The molecule has 0 heterocycles. The molecule has 0 aromatic carbocycles. The molecule has 0 rings (SSSR count). The van der Waals surface area contributed by atoms with Gasteiger partial charge in [0.1, 0.15) is 3.92 Å². The molecular formula is C6H9I2N3O6. The zero-order valence-electron chi connectivity index (χ0n) is 8.22. The number of alkyl halides is 2. The average molecular weight is 473 g/mol. The van der Waals surface area contributed by atoms with E-state index in [0.29, 0.717) is 0 Å². The lowest BCUT2D eigenvalue weighted by atomic mass is 10.0. The van der Waals surface area contributed by atoms with Crippen LogP contribution < -0.4 is 17.7 Å². The maximum Gasteiger partial charge on any atom is 0.342 e. The molecule has 0 fully saturated rings. The number of hydrogen-bond acceptors (Lipinski definition) is 9. The van der Waals surface area contributed by atoms with E-state index in [1.807, 2.05) is 0 Å². The molecule has 2 atom stereocenters. The minimum Gasteiger partial charge on any atom is -0.373 e. The van der Waals surface area contributed by atoms with Gasteiger partial charge in [0.05, 0.1) is 6.42 Å². The summed E-state index contributed by atoms with van der Waals surface area (Å²) in [5.74, 6) is 11.2. The molecule has 0 spiro atoms. The zero-order valence-corrected chi connectivity index (χ0v) is 12.5. The van der Waals surface area contributed by atoms with E-state index >= 15 is 0 Å². The third-order valence-electron chi connectivity index (χ3n) is 1.70. The van der Waals surface area contributed by atoms with Gasteiger partial charge in [-0.15, -0.1) is 0 Å². The normalized spacial score (nSPS) is 15.4. The van der Waals surface area contributed by atoms with Crippen molar-refractivity contribution in [2.24, 2.45) is 17.7 Å². The molecule has 17 heavy (non-hydrogen) atoms. The summed E-state index contributed by atoms with van der Waals surface area (Å²) in [7, 11) is 0. The Morgan fingerprint density at radius 2 is 1.65 bits per heavy atom. The highest BCUT2D eigenvalue weighted by Gasteiger charge is 2.50. The molecule has 0 saturated heterocycles. The monoisotopic (exact) mass is 473 g/mol. The minimum absolute atomic E-state index is 0.525. The third kappa shape index (κ3) is 4.16. The van der Waals surface area contributed by atoms with E-state index in [0.717, 1.165) is 0 Å². The first kappa shape index (κ1) is 16.8. The highest BCUT2D eigenvalue weighted by Crippen LogP contribution is 2.35. The molecule has 0 radical (unpaired) electrons. The number of hydrogen-bond donors (Lipinski definition) is 3. The summed E-state index contributed by atoms with van der Waals surface area (Å²) in [4.78, 5) is 45.8.